The van der Waals surface area contributed by atoms with Gasteiger partial charge in [0, 0.05) is 32.7 Å². The molecule has 5 nitrogen and oxygen atoms in total. The standard InChI is InChI=1S/C10H18N4O/c1-14-10(3-5-13-14)12-4-2-9-8-11-6-7-15-9/h3,5,9,11-12H,2,4,6-8H2,1H3. The number of ether oxygens (including phenoxy) is 1. The number of rotatable bonds is 4. The van der Waals surface area contributed by atoms with Crippen molar-refractivity contribution in [1.29, 1.82) is 0 Å². The number of morpholine rings is 1. The Balaban J connectivity index is 1.68. The topological polar surface area (TPSA) is 51.1 Å². The van der Waals surface area contributed by atoms with Gasteiger partial charge in [0.25, 0.3) is 0 Å². The zero-order valence-corrected chi connectivity index (χ0v) is 9.07. The van der Waals surface area contributed by atoms with Gasteiger partial charge in [0.15, 0.2) is 0 Å². The van der Waals surface area contributed by atoms with E-state index in [0.29, 0.717) is 6.10 Å². The molecule has 1 aliphatic rings. The van der Waals surface area contributed by atoms with Crippen LogP contribution in [0, 0.1) is 0 Å². The van der Waals surface area contributed by atoms with Crippen LogP contribution < -0.4 is 10.6 Å². The van der Waals surface area contributed by atoms with Crippen LogP contribution in [-0.2, 0) is 11.8 Å². The molecule has 2 rings (SSSR count). The molecule has 0 saturated carbocycles. The van der Waals surface area contributed by atoms with Gasteiger partial charge in [-0.15, -0.1) is 0 Å². The lowest BCUT2D eigenvalue weighted by Crippen LogP contribution is -2.39. The molecule has 1 aromatic rings. The van der Waals surface area contributed by atoms with Crippen molar-refractivity contribution in [1.82, 2.24) is 15.1 Å². The summed E-state index contributed by atoms with van der Waals surface area (Å²) < 4.78 is 7.44. The number of aryl methyl sites for hydroxylation is 1. The number of anilines is 1. The summed E-state index contributed by atoms with van der Waals surface area (Å²) in [5, 5.41) is 10.7. The zero-order valence-electron chi connectivity index (χ0n) is 9.07. The highest BCUT2D eigenvalue weighted by molar-refractivity contribution is 5.33. The van der Waals surface area contributed by atoms with Gasteiger partial charge >= 0.3 is 0 Å². The Labute approximate surface area is 89.8 Å². The van der Waals surface area contributed by atoms with Crippen molar-refractivity contribution in [2.24, 2.45) is 7.05 Å². The van der Waals surface area contributed by atoms with Gasteiger partial charge in [0.1, 0.15) is 5.82 Å². The summed E-state index contributed by atoms with van der Waals surface area (Å²) >= 11 is 0. The Bertz CT molecular complexity index is 293. The lowest BCUT2D eigenvalue weighted by Gasteiger charge is -2.23. The van der Waals surface area contributed by atoms with E-state index in [9.17, 15) is 0 Å². The molecular weight excluding hydrogens is 192 g/mol. The second-order valence-corrected chi connectivity index (χ2v) is 3.75. The number of hydrogen-bond donors (Lipinski definition) is 2. The average molecular weight is 210 g/mol. The van der Waals surface area contributed by atoms with Crippen molar-refractivity contribution in [3.05, 3.63) is 12.3 Å². The van der Waals surface area contributed by atoms with Gasteiger partial charge < -0.3 is 15.4 Å². The smallest absolute Gasteiger partial charge is 0.123 e. The van der Waals surface area contributed by atoms with Crippen molar-refractivity contribution in [2.75, 3.05) is 31.6 Å². The highest BCUT2D eigenvalue weighted by Gasteiger charge is 2.12. The van der Waals surface area contributed by atoms with Crippen LogP contribution in [-0.4, -0.2) is 42.1 Å². The molecule has 0 bridgehead atoms. The molecule has 1 saturated heterocycles. The van der Waals surface area contributed by atoms with Crippen molar-refractivity contribution in [3.63, 3.8) is 0 Å². The number of nitrogens with zero attached hydrogens (tertiary/aromatic N) is 2. The fraction of sp³-hybridized carbons (Fsp3) is 0.700. The van der Waals surface area contributed by atoms with E-state index in [1.54, 1.807) is 6.20 Å². The fourth-order valence-corrected chi connectivity index (χ4v) is 1.71. The second-order valence-electron chi connectivity index (χ2n) is 3.75. The van der Waals surface area contributed by atoms with E-state index < -0.39 is 0 Å². The summed E-state index contributed by atoms with van der Waals surface area (Å²) in [5.74, 6) is 1.05. The molecule has 0 aromatic carbocycles. The monoisotopic (exact) mass is 210 g/mol. The maximum absolute atomic E-state index is 5.60. The molecule has 1 unspecified atom stereocenters. The second kappa shape index (κ2) is 5.14. The highest BCUT2D eigenvalue weighted by atomic mass is 16.5. The Morgan fingerprint density at radius 1 is 1.73 bits per heavy atom. The third kappa shape index (κ3) is 2.94. The molecule has 5 heteroatoms. The minimum Gasteiger partial charge on any atom is -0.376 e. The van der Waals surface area contributed by atoms with Crippen molar-refractivity contribution in [3.8, 4) is 0 Å². The van der Waals surface area contributed by atoms with Crippen molar-refractivity contribution in [2.45, 2.75) is 12.5 Å². The molecule has 2 heterocycles. The van der Waals surface area contributed by atoms with Crippen LogP contribution in [0.4, 0.5) is 5.82 Å². The Kier molecular flexibility index (Phi) is 3.58. The molecule has 2 N–H and O–H groups in total. The van der Waals surface area contributed by atoms with E-state index in [1.807, 2.05) is 17.8 Å². The summed E-state index contributed by atoms with van der Waals surface area (Å²) in [5.41, 5.74) is 0. The molecule has 1 aromatic heterocycles. The largest absolute Gasteiger partial charge is 0.376 e. The average Bonchev–Trinajstić information content (AvgIpc) is 2.66. The summed E-state index contributed by atoms with van der Waals surface area (Å²) in [4.78, 5) is 0. The Hall–Kier alpha value is -1.07. The van der Waals surface area contributed by atoms with Crippen LogP contribution in [0.5, 0.6) is 0 Å². The molecule has 0 spiro atoms. The number of hydrogen-bond acceptors (Lipinski definition) is 4. The maximum atomic E-state index is 5.60. The summed E-state index contributed by atoms with van der Waals surface area (Å²) in [6, 6.07) is 1.97. The van der Waals surface area contributed by atoms with Crippen LogP contribution in [0.3, 0.4) is 0 Å². The highest BCUT2D eigenvalue weighted by Crippen LogP contribution is 2.05. The lowest BCUT2D eigenvalue weighted by molar-refractivity contribution is 0.0258. The first kappa shape index (κ1) is 10.4. The third-order valence-electron chi connectivity index (χ3n) is 2.60. The Morgan fingerprint density at radius 2 is 2.67 bits per heavy atom. The van der Waals surface area contributed by atoms with Crippen LogP contribution >= 0.6 is 0 Å². The molecule has 1 atom stereocenters. The number of aromatic nitrogens is 2. The first-order valence-electron chi connectivity index (χ1n) is 5.40. The summed E-state index contributed by atoms with van der Waals surface area (Å²) in [6.45, 7) is 3.70. The third-order valence-corrected chi connectivity index (χ3v) is 2.60. The minimum atomic E-state index is 0.347. The normalized spacial score (nSPS) is 21.5. The number of nitrogens with one attached hydrogen (secondary N) is 2. The summed E-state index contributed by atoms with van der Waals surface area (Å²) in [7, 11) is 1.93. The molecule has 84 valence electrons. The van der Waals surface area contributed by atoms with E-state index >= 15 is 0 Å². The SMILES string of the molecule is Cn1nccc1NCCC1CNCCO1. The fourth-order valence-electron chi connectivity index (χ4n) is 1.71. The predicted octanol–water partition coefficient (Wildman–Crippen LogP) is 0.210. The van der Waals surface area contributed by atoms with E-state index in [4.69, 9.17) is 4.74 Å². The molecule has 15 heavy (non-hydrogen) atoms. The van der Waals surface area contributed by atoms with Gasteiger partial charge in [0.05, 0.1) is 18.9 Å². The first-order valence-corrected chi connectivity index (χ1v) is 5.40. The molecule has 1 aliphatic heterocycles. The van der Waals surface area contributed by atoms with Crippen LogP contribution in [0.2, 0.25) is 0 Å². The zero-order chi connectivity index (χ0) is 10.5. The van der Waals surface area contributed by atoms with Gasteiger partial charge in [-0.25, -0.2) is 0 Å². The molecule has 0 radical (unpaired) electrons. The molecule has 1 fully saturated rings. The van der Waals surface area contributed by atoms with Crippen LogP contribution in [0.15, 0.2) is 12.3 Å². The minimum absolute atomic E-state index is 0.347. The van der Waals surface area contributed by atoms with Crippen LogP contribution in [0.1, 0.15) is 6.42 Å². The van der Waals surface area contributed by atoms with E-state index in [2.05, 4.69) is 15.7 Å². The van der Waals surface area contributed by atoms with E-state index in [0.717, 1.165) is 38.5 Å². The summed E-state index contributed by atoms with van der Waals surface area (Å²) in [6.07, 6.45) is 3.17. The van der Waals surface area contributed by atoms with Crippen LogP contribution in [0.25, 0.3) is 0 Å². The van der Waals surface area contributed by atoms with Gasteiger partial charge in [-0.1, -0.05) is 0 Å². The van der Waals surface area contributed by atoms with Gasteiger partial charge in [-0.2, -0.15) is 5.10 Å². The molecule has 0 amide bonds. The van der Waals surface area contributed by atoms with E-state index in [-0.39, 0.29) is 0 Å². The van der Waals surface area contributed by atoms with Crippen molar-refractivity contribution >= 4 is 5.82 Å². The first-order chi connectivity index (χ1) is 7.36. The van der Waals surface area contributed by atoms with Gasteiger partial charge in [-0.3, -0.25) is 4.68 Å². The van der Waals surface area contributed by atoms with Gasteiger partial charge in [0.2, 0.25) is 0 Å². The van der Waals surface area contributed by atoms with Gasteiger partial charge in [-0.05, 0) is 6.42 Å². The molecule has 0 aliphatic carbocycles. The van der Waals surface area contributed by atoms with E-state index in [1.165, 1.54) is 0 Å². The molecular formula is C10H18N4O. The Morgan fingerprint density at radius 3 is 3.33 bits per heavy atom. The predicted molar refractivity (Wildman–Crippen MR) is 58.9 cm³/mol. The quantitative estimate of drug-likeness (QED) is 0.746. The van der Waals surface area contributed by atoms with Crippen molar-refractivity contribution < 1.29 is 4.74 Å². The maximum Gasteiger partial charge on any atom is 0.123 e. The lowest BCUT2D eigenvalue weighted by atomic mass is 10.2.